The standard InChI is InChI=1S/C47H30N4O/c1-4-15-31(16-5-1)33-19-12-20-34(29-33)40-30-39(32-17-6-2-7-18-32)48-46(49-40)36-23-13-27-42-44(36)45-37(24-14-28-43(45)52-42)47-50-38-25-10-11-26-41(38)51(47)35-21-8-3-9-22-35/h1-30H. The van der Waals surface area contributed by atoms with Gasteiger partial charge >= 0.3 is 0 Å². The van der Waals surface area contributed by atoms with Crippen molar-refractivity contribution in [2.45, 2.75) is 0 Å². The maximum absolute atomic E-state index is 6.60. The molecule has 0 radical (unpaired) electrons. The van der Waals surface area contributed by atoms with E-state index >= 15 is 0 Å². The number of hydrogen-bond donors (Lipinski definition) is 0. The van der Waals surface area contributed by atoms with Crippen LogP contribution >= 0.6 is 0 Å². The number of hydrogen-bond acceptors (Lipinski definition) is 4. The lowest BCUT2D eigenvalue weighted by atomic mass is 9.99. The lowest BCUT2D eigenvalue weighted by Crippen LogP contribution is -1.98. The molecule has 0 N–H and O–H groups in total. The zero-order valence-electron chi connectivity index (χ0n) is 28.0. The van der Waals surface area contributed by atoms with E-state index in [0.29, 0.717) is 5.82 Å². The molecule has 0 spiro atoms. The van der Waals surface area contributed by atoms with Crippen molar-refractivity contribution in [3.05, 3.63) is 182 Å². The molecule has 5 heteroatoms. The van der Waals surface area contributed by atoms with Gasteiger partial charge in [0.05, 0.1) is 22.4 Å². The smallest absolute Gasteiger partial charge is 0.161 e. The molecule has 52 heavy (non-hydrogen) atoms. The highest BCUT2D eigenvalue weighted by atomic mass is 16.3. The molecule has 0 bridgehead atoms. The zero-order valence-corrected chi connectivity index (χ0v) is 28.0. The van der Waals surface area contributed by atoms with Crippen LogP contribution in [0.4, 0.5) is 0 Å². The summed E-state index contributed by atoms with van der Waals surface area (Å²) in [6, 6.07) is 62.4. The third kappa shape index (κ3) is 5.07. The minimum absolute atomic E-state index is 0.626. The predicted molar refractivity (Wildman–Crippen MR) is 211 cm³/mol. The van der Waals surface area contributed by atoms with Crippen LogP contribution in [0, 0.1) is 0 Å². The number of furan rings is 1. The van der Waals surface area contributed by atoms with Crippen LogP contribution in [-0.4, -0.2) is 19.5 Å². The first-order valence-corrected chi connectivity index (χ1v) is 17.4. The summed E-state index contributed by atoms with van der Waals surface area (Å²) in [6.07, 6.45) is 0. The van der Waals surface area contributed by atoms with E-state index in [2.05, 4.69) is 126 Å². The van der Waals surface area contributed by atoms with E-state index in [4.69, 9.17) is 19.4 Å². The molecule has 0 fully saturated rings. The predicted octanol–water partition coefficient (Wildman–Crippen LogP) is 12.0. The van der Waals surface area contributed by atoms with Crippen LogP contribution in [0.3, 0.4) is 0 Å². The summed E-state index contributed by atoms with van der Waals surface area (Å²) in [5.41, 5.74) is 12.4. The van der Waals surface area contributed by atoms with Crippen LogP contribution in [-0.2, 0) is 0 Å². The van der Waals surface area contributed by atoms with E-state index in [1.807, 2.05) is 60.7 Å². The first kappa shape index (κ1) is 29.8. The Morgan fingerprint density at radius 2 is 0.962 bits per heavy atom. The van der Waals surface area contributed by atoms with E-state index in [-0.39, 0.29) is 0 Å². The molecular formula is C47H30N4O. The second-order valence-corrected chi connectivity index (χ2v) is 12.8. The fraction of sp³-hybridized carbons (Fsp3) is 0. The zero-order chi connectivity index (χ0) is 34.4. The van der Waals surface area contributed by atoms with Crippen LogP contribution < -0.4 is 0 Å². The van der Waals surface area contributed by atoms with E-state index in [0.717, 1.165) is 89.3 Å². The van der Waals surface area contributed by atoms with Gasteiger partial charge in [0.25, 0.3) is 0 Å². The molecule has 0 aliphatic carbocycles. The topological polar surface area (TPSA) is 56.7 Å². The number of fused-ring (bicyclic) bond motifs is 4. The monoisotopic (exact) mass is 666 g/mol. The molecule has 3 heterocycles. The Hall–Kier alpha value is -7.11. The Labute approximate surface area is 300 Å². The van der Waals surface area contributed by atoms with Gasteiger partial charge in [-0.1, -0.05) is 133 Å². The highest BCUT2D eigenvalue weighted by Crippen LogP contribution is 2.42. The summed E-state index contributed by atoms with van der Waals surface area (Å²) >= 11 is 0. The third-order valence-electron chi connectivity index (χ3n) is 9.64. The fourth-order valence-electron chi connectivity index (χ4n) is 7.25. The van der Waals surface area contributed by atoms with Crippen molar-refractivity contribution in [2.75, 3.05) is 0 Å². The van der Waals surface area contributed by atoms with Crippen molar-refractivity contribution in [3.8, 4) is 62.1 Å². The van der Waals surface area contributed by atoms with Gasteiger partial charge in [-0.05, 0) is 59.7 Å². The first-order chi connectivity index (χ1) is 25.8. The van der Waals surface area contributed by atoms with Gasteiger partial charge in [-0.25, -0.2) is 15.0 Å². The van der Waals surface area contributed by atoms with E-state index in [1.165, 1.54) is 0 Å². The Kier molecular flexibility index (Phi) is 7.07. The van der Waals surface area contributed by atoms with Crippen LogP contribution in [0.2, 0.25) is 0 Å². The van der Waals surface area contributed by atoms with Crippen LogP contribution in [0.25, 0.3) is 95.1 Å². The summed E-state index contributed by atoms with van der Waals surface area (Å²) < 4.78 is 8.83. The Morgan fingerprint density at radius 3 is 1.71 bits per heavy atom. The quantitative estimate of drug-likeness (QED) is 0.177. The lowest BCUT2D eigenvalue weighted by molar-refractivity contribution is 0.669. The minimum atomic E-state index is 0.626. The molecular weight excluding hydrogens is 637 g/mol. The number of benzene rings is 7. The maximum atomic E-state index is 6.60. The van der Waals surface area contributed by atoms with Crippen molar-refractivity contribution >= 4 is 33.0 Å². The molecule has 10 rings (SSSR count). The van der Waals surface area contributed by atoms with Gasteiger partial charge in [0, 0.05) is 38.7 Å². The summed E-state index contributed by atoms with van der Waals surface area (Å²) in [5, 5.41) is 1.93. The van der Waals surface area contributed by atoms with Crippen LogP contribution in [0.1, 0.15) is 0 Å². The highest BCUT2D eigenvalue weighted by molar-refractivity contribution is 6.17. The Bertz CT molecular complexity index is 2890. The summed E-state index contributed by atoms with van der Waals surface area (Å²) in [6.45, 7) is 0. The molecule has 0 aliphatic heterocycles. The molecule has 244 valence electrons. The number of imidazole rings is 1. The third-order valence-corrected chi connectivity index (χ3v) is 9.64. The van der Waals surface area contributed by atoms with Gasteiger partial charge in [0.1, 0.15) is 17.0 Å². The summed E-state index contributed by atoms with van der Waals surface area (Å²) in [5.74, 6) is 1.47. The molecule has 7 aromatic carbocycles. The van der Waals surface area contributed by atoms with Crippen molar-refractivity contribution < 1.29 is 4.42 Å². The van der Waals surface area contributed by atoms with E-state index < -0.39 is 0 Å². The Morgan fingerprint density at radius 1 is 0.404 bits per heavy atom. The van der Waals surface area contributed by atoms with Gasteiger partial charge in [-0.3, -0.25) is 4.57 Å². The van der Waals surface area contributed by atoms with Gasteiger partial charge < -0.3 is 4.42 Å². The second-order valence-electron chi connectivity index (χ2n) is 12.8. The largest absolute Gasteiger partial charge is 0.456 e. The van der Waals surface area contributed by atoms with Gasteiger partial charge in [-0.2, -0.15) is 0 Å². The van der Waals surface area contributed by atoms with Crippen LogP contribution in [0.5, 0.6) is 0 Å². The maximum Gasteiger partial charge on any atom is 0.161 e. The van der Waals surface area contributed by atoms with Gasteiger partial charge in [0.2, 0.25) is 0 Å². The average Bonchev–Trinajstić information content (AvgIpc) is 3.81. The molecule has 0 saturated carbocycles. The Balaban J connectivity index is 1.23. The second kappa shape index (κ2) is 12.3. The lowest BCUT2D eigenvalue weighted by Gasteiger charge is -2.12. The molecule has 0 unspecified atom stereocenters. The molecule has 0 amide bonds. The van der Waals surface area contributed by atoms with E-state index in [9.17, 15) is 0 Å². The first-order valence-electron chi connectivity index (χ1n) is 17.4. The van der Waals surface area contributed by atoms with Crippen molar-refractivity contribution in [1.29, 1.82) is 0 Å². The van der Waals surface area contributed by atoms with Crippen LogP contribution in [0.15, 0.2) is 186 Å². The number of aromatic nitrogens is 4. The molecule has 3 aromatic heterocycles. The van der Waals surface area contributed by atoms with Crippen molar-refractivity contribution in [2.24, 2.45) is 0 Å². The SMILES string of the molecule is c1ccc(-c2cccc(-c3cc(-c4ccccc4)nc(-c4cccc5oc6cccc(-c7nc8ccccc8n7-c7ccccc7)c6c45)n3)c2)cc1. The van der Waals surface area contributed by atoms with Gasteiger partial charge in [0.15, 0.2) is 5.82 Å². The number of para-hydroxylation sites is 3. The molecule has 0 atom stereocenters. The minimum Gasteiger partial charge on any atom is -0.456 e. The molecule has 5 nitrogen and oxygen atoms in total. The number of nitrogens with zero attached hydrogens (tertiary/aromatic N) is 4. The van der Waals surface area contributed by atoms with E-state index in [1.54, 1.807) is 0 Å². The molecule has 0 saturated heterocycles. The summed E-state index contributed by atoms with van der Waals surface area (Å²) in [4.78, 5) is 15.8. The van der Waals surface area contributed by atoms with Crippen molar-refractivity contribution in [1.82, 2.24) is 19.5 Å². The number of rotatable bonds is 6. The normalized spacial score (nSPS) is 11.5. The highest BCUT2D eigenvalue weighted by Gasteiger charge is 2.23. The van der Waals surface area contributed by atoms with Crippen molar-refractivity contribution in [3.63, 3.8) is 0 Å². The fourth-order valence-corrected chi connectivity index (χ4v) is 7.25. The molecule has 10 aromatic rings. The van der Waals surface area contributed by atoms with Gasteiger partial charge in [-0.15, -0.1) is 0 Å². The average molecular weight is 667 g/mol. The summed E-state index contributed by atoms with van der Waals surface area (Å²) in [7, 11) is 0. The molecule has 0 aliphatic rings.